The van der Waals surface area contributed by atoms with Gasteiger partial charge in [0.25, 0.3) is 5.91 Å². The molecule has 0 aliphatic heterocycles. The predicted molar refractivity (Wildman–Crippen MR) is 118 cm³/mol. The molecule has 0 bridgehead atoms. The third kappa shape index (κ3) is 10.8. The Morgan fingerprint density at radius 3 is 2.35 bits per heavy atom. The van der Waals surface area contributed by atoms with Crippen LogP contribution >= 0.6 is 22.6 Å². The smallest absolute Gasteiger partial charge is 0.408 e. The number of aliphatic carboxylic acids is 2. The van der Waals surface area contributed by atoms with Crippen molar-refractivity contribution in [1.29, 1.82) is 0 Å². The van der Waals surface area contributed by atoms with E-state index in [0.29, 0.717) is 24.9 Å². The summed E-state index contributed by atoms with van der Waals surface area (Å²) < 4.78 is 5.75. The summed E-state index contributed by atoms with van der Waals surface area (Å²) in [6, 6.07) is 5.70. The highest BCUT2D eigenvalue weighted by Gasteiger charge is 2.26. The SMILES string of the molecule is CC(=O)CC[C@H](NC(=O)O[C@@H](CCCCNC(=O)c1cccc([123I])c1)C(=O)O)C(=O)O. The fourth-order valence-corrected chi connectivity index (χ4v) is 3.07. The summed E-state index contributed by atoms with van der Waals surface area (Å²) in [5.41, 5.74) is 0.521. The average Bonchev–Trinajstić information content (AvgIpc) is 2.69. The number of ether oxygens (including phenoxy) is 1. The second-order valence-corrected chi connectivity index (χ2v) is 8.02. The molecule has 0 radical (unpaired) electrons. The van der Waals surface area contributed by atoms with E-state index in [4.69, 9.17) is 9.84 Å². The highest BCUT2D eigenvalue weighted by molar-refractivity contribution is 14.1. The molecule has 0 saturated carbocycles. The van der Waals surface area contributed by atoms with Gasteiger partial charge in [0, 0.05) is 22.1 Å². The van der Waals surface area contributed by atoms with E-state index in [1.807, 2.05) is 6.07 Å². The molecule has 10 nitrogen and oxygen atoms in total. The minimum atomic E-state index is -1.46. The van der Waals surface area contributed by atoms with Gasteiger partial charge in [0.15, 0.2) is 0 Å². The van der Waals surface area contributed by atoms with Gasteiger partial charge in [0.2, 0.25) is 6.10 Å². The van der Waals surface area contributed by atoms with E-state index in [1.54, 1.807) is 18.2 Å². The summed E-state index contributed by atoms with van der Waals surface area (Å²) in [4.78, 5) is 57.4. The summed E-state index contributed by atoms with van der Waals surface area (Å²) in [5, 5.41) is 23.1. The molecule has 31 heavy (non-hydrogen) atoms. The Morgan fingerprint density at radius 2 is 1.77 bits per heavy atom. The lowest BCUT2D eigenvalue weighted by Crippen LogP contribution is -2.43. The zero-order valence-corrected chi connectivity index (χ0v) is 19.1. The lowest BCUT2D eigenvalue weighted by molar-refractivity contribution is -0.147. The summed E-state index contributed by atoms with van der Waals surface area (Å²) in [6.07, 6.45) is -2.02. The molecule has 4 N–H and O–H groups in total. The van der Waals surface area contributed by atoms with Crippen molar-refractivity contribution in [2.75, 3.05) is 6.54 Å². The van der Waals surface area contributed by atoms with Crippen LogP contribution in [0.2, 0.25) is 0 Å². The van der Waals surface area contributed by atoms with Crippen LogP contribution in [0.25, 0.3) is 0 Å². The maximum absolute atomic E-state index is 12.0. The number of carboxylic acids is 2. The quantitative estimate of drug-likeness (QED) is 0.217. The van der Waals surface area contributed by atoms with Gasteiger partial charge < -0.3 is 30.4 Å². The molecule has 0 saturated heterocycles. The number of alkyl carbamates (subject to hydrolysis) is 1. The van der Waals surface area contributed by atoms with Crippen LogP contribution in [0.15, 0.2) is 24.3 Å². The minimum Gasteiger partial charge on any atom is -0.480 e. The summed E-state index contributed by atoms with van der Waals surface area (Å²) in [7, 11) is 0. The van der Waals surface area contributed by atoms with Crippen molar-refractivity contribution < 1.29 is 38.9 Å². The molecule has 1 rings (SSSR count). The van der Waals surface area contributed by atoms with Gasteiger partial charge in [0.1, 0.15) is 11.8 Å². The number of Topliss-reactive ketones (excluding diaryl/α,β-unsaturated/α-hetero) is 1. The molecule has 0 fully saturated rings. The normalized spacial score (nSPS) is 12.3. The Labute approximate surface area is 192 Å². The molecule has 0 aliphatic rings. The van der Waals surface area contributed by atoms with Gasteiger partial charge in [-0.05, 0) is 73.4 Å². The molecule has 11 heteroatoms. The Bertz CT molecular complexity index is 814. The number of ketones is 1. The van der Waals surface area contributed by atoms with Crippen LogP contribution in [0.1, 0.15) is 49.4 Å². The van der Waals surface area contributed by atoms with Gasteiger partial charge in [-0.25, -0.2) is 14.4 Å². The zero-order chi connectivity index (χ0) is 23.4. The van der Waals surface area contributed by atoms with Crippen molar-refractivity contribution in [3.8, 4) is 0 Å². The van der Waals surface area contributed by atoms with Crippen molar-refractivity contribution in [3.05, 3.63) is 33.4 Å². The number of carboxylic acid groups (broad SMARTS) is 2. The van der Waals surface area contributed by atoms with Gasteiger partial charge in [0.05, 0.1) is 0 Å². The third-order valence-corrected chi connectivity index (χ3v) is 4.84. The van der Waals surface area contributed by atoms with Gasteiger partial charge in [-0.2, -0.15) is 0 Å². The maximum Gasteiger partial charge on any atom is 0.408 e. The first-order valence-corrected chi connectivity index (χ1v) is 10.6. The number of carbonyl (C=O) groups is 5. The molecule has 0 aromatic heterocycles. The number of nitrogens with one attached hydrogen (secondary N) is 2. The van der Waals surface area contributed by atoms with Crippen molar-refractivity contribution in [3.63, 3.8) is 0 Å². The summed E-state index contributed by atoms with van der Waals surface area (Å²) in [6.45, 7) is 1.61. The minimum absolute atomic E-state index is 0.00690. The van der Waals surface area contributed by atoms with E-state index in [2.05, 4.69) is 33.2 Å². The molecule has 1 aromatic rings. The zero-order valence-electron chi connectivity index (χ0n) is 16.9. The van der Waals surface area contributed by atoms with E-state index >= 15 is 0 Å². The van der Waals surface area contributed by atoms with Gasteiger partial charge in [-0.15, -0.1) is 0 Å². The average molecular weight is 544 g/mol. The molecule has 170 valence electrons. The highest BCUT2D eigenvalue weighted by Crippen LogP contribution is 2.09. The van der Waals surface area contributed by atoms with E-state index in [-0.39, 0.29) is 31.0 Å². The van der Waals surface area contributed by atoms with Crippen LogP contribution in [0, 0.1) is 3.57 Å². The largest absolute Gasteiger partial charge is 0.480 e. The molecule has 0 heterocycles. The van der Waals surface area contributed by atoms with E-state index in [1.165, 1.54) is 6.92 Å². The van der Waals surface area contributed by atoms with Crippen LogP contribution in [-0.2, 0) is 19.1 Å². The fraction of sp³-hybridized carbons (Fsp3) is 0.450. The maximum atomic E-state index is 12.0. The standard InChI is InChI=1S/C20H25IN2O8/c1-12(24)8-9-15(18(26)27)23-20(30)31-16(19(28)29)7-2-3-10-22-17(25)13-5-4-6-14(21)11-13/h4-6,11,15-16H,2-3,7-10H2,1H3,(H,22,25)(H,23,30)(H,26,27)(H,28,29)/t15-,16-/m0/s1/i21-4. The van der Waals surface area contributed by atoms with Crippen molar-refractivity contribution in [1.82, 2.24) is 10.6 Å². The van der Waals surface area contributed by atoms with Crippen LogP contribution in [0.4, 0.5) is 4.79 Å². The van der Waals surface area contributed by atoms with Crippen molar-refractivity contribution in [2.24, 2.45) is 0 Å². The molecular weight excluding hydrogens is 519 g/mol. The van der Waals surface area contributed by atoms with Crippen LogP contribution in [0.3, 0.4) is 0 Å². The number of unbranched alkanes of at least 4 members (excludes halogenated alkanes) is 1. The van der Waals surface area contributed by atoms with Crippen molar-refractivity contribution in [2.45, 2.75) is 51.2 Å². The number of hydrogen-bond donors (Lipinski definition) is 4. The second-order valence-electron chi connectivity index (χ2n) is 6.77. The Balaban J connectivity index is 2.42. The van der Waals surface area contributed by atoms with Gasteiger partial charge in [-0.3, -0.25) is 4.79 Å². The number of amides is 2. The van der Waals surface area contributed by atoms with Crippen LogP contribution in [-0.4, -0.2) is 58.6 Å². The Kier molecular flexibility index (Phi) is 11.5. The number of hydrogen-bond acceptors (Lipinski definition) is 6. The first kappa shape index (κ1) is 26.3. The van der Waals surface area contributed by atoms with Crippen LogP contribution < -0.4 is 10.6 Å². The molecule has 0 spiro atoms. The predicted octanol–water partition coefficient (Wildman–Crippen LogP) is 2.19. The molecular formula is C20H25IN2O8. The van der Waals surface area contributed by atoms with E-state index in [9.17, 15) is 29.1 Å². The molecule has 0 unspecified atom stereocenters. The number of rotatable bonds is 13. The number of halogens is 1. The Morgan fingerprint density at radius 1 is 1.06 bits per heavy atom. The summed E-state index contributed by atoms with van der Waals surface area (Å²) >= 11 is 2.10. The third-order valence-electron chi connectivity index (χ3n) is 4.17. The van der Waals surface area contributed by atoms with E-state index in [0.717, 1.165) is 3.57 Å². The van der Waals surface area contributed by atoms with Crippen LogP contribution in [0.5, 0.6) is 0 Å². The number of carbonyl (C=O) groups excluding carboxylic acids is 3. The number of benzene rings is 1. The molecule has 2 amide bonds. The molecule has 0 aliphatic carbocycles. The summed E-state index contributed by atoms with van der Waals surface area (Å²) in [5.74, 6) is -3.20. The monoisotopic (exact) mass is 544 g/mol. The van der Waals surface area contributed by atoms with Crippen molar-refractivity contribution >= 4 is 52.3 Å². The van der Waals surface area contributed by atoms with E-state index < -0.39 is 30.2 Å². The lowest BCUT2D eigenvalue weighted by atomic mass is 10.1. The Hall–Kier alpha value is -2.70. The fourth-order valence-electron chi connectivity index (χ4n) is 2.53. The topological polar surface area (TPSA) is 159 Å². The van der Waals surface area contributed by atoms with Gasteiger partial charge >= 0.3 is 18.0 Å². The molecule has 1 aromatic carbocycles. The molecule has 2 atom stereocenters. The lowest BCUT2D eigenvalue weighted by Gasteiger charge is -2.17. The first-order chi connectivity index (χ1) is 14.6. The highest BCUT2D eigenvalue weighted by atomic mass is 123. The second kappa shape index (κ2) is 13.6. The first-order valence-electron chi connectivity index (χ1n) is 9.56. The van der Waals surface area contributed by atoms with Gasteiger partial charge in [-0.1, -0.05) is 6.07 Å².